The van der Waals surface area contributed by atoms with Crippen LogP contribution in [0.1, 0.15) is 13.1 Å². The van der Waals surface area contributed by atoms with E-state index in [0.717, 1.165) is 21.8 Å². The second kappa shape index (κ2) is 4.20. The quantitative estimate of drug-likeness (QED) is 0.554. The molecule has 0 saturated heterocycles. The average Bonchev–Trinajstić information content (AvgIpc) is 3.11. The Morgan fingerprint density at radius 3 is 1.70 bits per heavy atom. The van der Waals surface area contributed by atoms with E-state index in [2.05, 4.69) is 41.4 Å². The minimum atomic E-state index is 0.0369. The van der Waals surface area contributed by atoms with Crippen LogP contribution in [-0.4, -0.2) is 19.6 Å². The van der Waals surface area contributed by atoms with Gasteiger partial charge in [-0.3, -0.25) is 0 Å². The molecule has 4 nitrogen and oxygen atoms in total. The summed E-state index contributed by atoms with van der Waals surface area (Å²) in [6.45, 7) is 2.11. The van der Waals surface area contributed by atoms with Crippen molar-refractivity contribution in [1.82, 2.24) is 19.6 Å². The first kappa shape index (κ1) is 11.2. The predicted octanol–water partition coefficient (Wildman–Crippen LogP) is 3.45. The smallest absolute Gasteiger partial charge is 0.141 e. The van der Waals surface area contributed by atoms with Gasteiger partial charge in [0, 0.05) is 10.8 Å². The van der Waals surface area contributed by atoms with Gasteiger partial charge in [-0.1, -0.05) is 36.4 Å². The molecule has 0 bridgehead atoms. The summed E-state index contributed by atoms with van der Waals surface area (Å²) in [5.41, 5.74) is 2.25. The molecule has 2 aromatic carbocycles. The molecule has 0 N–H and O–H groups in total. The molecule has 0 radical (unpaired) electrons. The Balaban J connectivity index is 1.90. The van der Waals surface area contributed by atoms with Gasteiger partial charge in [0.05, 0.1) is 23.4 Å². The van der Waals surface area contributed by atoms with Crippen LogP contribution in [0.25, 0.3) is 21.8 Å². The van der Waals surface area contributed by atoms with E-state index in [0.29, 0.717) is 0 Å². The van der Waals surface area contributed by atoms with Crippen LogP contribution >= 0.6 is 0 Å². The Bertz CT molecular complexity index is 813. The summed E-state index contributed by atoms with van der Waals surface area (Å²) in [6.07, 6.45) is 3.84. The van der Waals surface area contributed by atoms with Crippen LogP contribution in [0.5, 0.6) is 0 Å². The highest BCUT2D eigenvalue weighted by Gasteiger charge is 2.14. The highest BCUT2D eigenvalue weighted by atomic mass is 15.4. The van der Waals surface area contributed by atoms with E-state index in [1.165, 1.54) is 0 Å². The van der Waals surface area contributed by atoms with Gasteiger partial charge in [-0.2, -0.15) is 10.2 Å². The van der Waals surface area contributed by atoms with Crippen molar-refractivity contribution in [3.05, 3.63) is 60.9 Å². The lowest BCUT2D eigenvalue weighted by molar-refractivity contribution is 0.413. The van der Waals surface area contributed by atoms with E-state index in [4.69, 9.17) is 0 Å². The van der Waals surface area contributed by atoms with Gasteiger partial charge in [0.2, 0.25) is 0 Å². The van der Waals surface area contributed by atoms with E-state index in [1.54, 1.807) is 0 Å². The minimum absolute atomic E-state index is 0.0369. The van der Waals surface area contributed by atoms with Gasteiger partial charge in [0.25, 0.3) is 0 Å². The van der Waals surface area contributed by atoms with Crippen molar-refractivity contribution in [2.24, 2.45) is 0 Å². The van der Waals surface area contributed by atoms with Crippen molar-refractivity contribution >= 4 is 21.8 Å². The van der Waals surface area contributed by atoms with Crippen molar-refractivity contribution < 1.29 is 0 Å². The van der Waals surface area contributed by atoms with Crippen LogP contribution in [0.2, 0.25) is 0 Å². The number of hydrogen-bond acceptors (Lipinski definition) is 2. The Labute approximate surface area is 116 Å². The number of rotatable bonds is 2. The lowest BCUT2D eigenvalue weighted by Crippen LogP contribution is -2.16. The zero-order valence-electron chi connectivity index (χ0n) is 11.1. The van der Waals surface area contributed by atoms with E-state index in [-0.39, 0.29) is 6.17 Å². The molecule has 0 saturated carbocycles. The number of benzene rings is 2. The van der Waals surface area contributed by atoms with Crippen LogP contribution in [-0.2, 0) is 0 Å². The van der Waals surface area contributed by atoms with Crippen molar-refractivity contribution in [2.75, 3.05) is 0 Å². The van der Waals surface area contributed by atoms with Crippen LogP contribution < -0.4 is 0 Å². The molecule has 2 aromatic heterocycles. The van der Waals surface area contributed by atoms with Gasteiger partial charge in [0.1, 0.15) is 6.17 Å². The molecule has 2 heterocycles. The Morgan fingerprint density at radius 1 is 0.750 bits per heavy atom. The second-order valence-electron chi connectivity index (χ2n) is 4.93. The first-order valence-electron chi connectivity index (χ1n) is 6.69. The molecule has 0 aliphatic rings. The fraction of sp³-hybridized carbons (Fsp3) is 0.125. The van der Waals surface area contributed by atoms with Gasteiger partial charge in [0.15, 0.2) is 0 Å². The number of para-hydroxylation sites is 2. The summed E-state index contributed by atoms with van der Waals surface area (Å²) in [4.78, 5) is 0. The molecule has 0 aliphatic carbocycles. The molecule has 4 heteroatoms. The molecule has 98 valence electrons. The van der Waals surface area contributed by atoms with Gasteiger partial charge < -0.3 is 0 Å². The van der Waals surface area contributed by atoms with E-state index in [1.807, 2.05) is 46.0 Å². The van der Waals surface area contributed by atoms with Crippen molar-refractivity contribution in [3.8, 4) is 0 Å². The third-order valence-electron chi connectivity index (χ3n) is 3.72. The second-order valence-corrected chi connectivity index (χ2v) is 4.93. The monoisotopic (exact) mass is 262 g/mol. The summed E-state index contributed by atoms with van der Waals surface area (Å²) in [6, 6.07) is 16.5. The SMILES string of the molecule is CC(n1ncc2ccccc21)n1ncc2ccccc21. The van der Waals surface area contributed by atoms with E-state index in [9.17, 15) is 0 Å². The Hall–Kier alpha value is -2.62. The number of fused-ring (bicyclic) bond motifs is 2. The summed E-state index contributed by atoms with van der Waals surface area (Å²) in [5, 5.41) is 11.3. The molecule has 0 aliphatic heterocycles. The third-order valence-corrected chi connectivity index (χ3v) is 3.72. The Kier molecular flexibility index (Phi) is 2.36. The molecule has 0 spiro atoms. The average molecular weight is 262 g/mol. The van der Waals surface area contributed by atoms with E-state index < -0.39 is 0 Å². The van der Waals surface area contributed by atoms with Gasteiger partial charge in [-0.15, -0.1) is 0 Å². The van der Waals surface area contributed by atoms with Crippen LogP contribution in [0.3, 0.4) is 0 Å². The zero-order chi connectivity index (χ0) is 13.5. The number of nitrogens with zero attached hydrogens (tertiary/aromatic N) is 4. The lowest BCUT2D eigenvalue weighted by atomic mass is 10.2. The first-order valence-corrected chi connectivity index (χ1v) is 6.69. The van der Waals surface area contributed by atoms with Crippen molar-refractivity contribution in [2.45, 2.75) is 13.1 Å². The standard InChI is InChI=1S/C16H14N4/c1-12(19-15-8-4-2-6-13(15)10-17-19)20-16-9-5-3-7-14(16)11-18-20/h2-12H,1H3. The van der Waals surface area contributed by atoms with Crippen LogP contribution in [0.15, 0.2) is 60.9 Å². The molecular formula is C16H14N4. The Morgan fingerprint density at radius 2 is 1.20 bits per heavy atom. The zero-order valence-corrected chi connectivity index (χ0v) is 11.1. The summed E-state index contributed by atoms with van der Waals surface area (Å²) in [7, 11) is 0. The molecule has 0 fully saturated rings. The van der Waals surface area contributed by atoms with Crippen LogP contribution in [0, 0.1) is 0 Å². The molecular weight excluding hydrogens is 248 g/mol. The largest absolute Gasteiger partial charge is 0.240 e. The maximum atomic E-state index is 4.51. The van der Waals surface area contributed by atoms with Gasteiger partial charge in [-0.05, 0) is 19.1 Å². The lowest BCUT2D eigenvalue weighted by Gasteiger charge is -2.15. The fourth-order valence-electron chi connectivity index (χ4n) is 2.68. The highest BCUT2D eigenvalue weighted by Crippen LogP contribution is 2.22. The van der Waals surface area contributed by atoms with Gasteiger partial charge in [-0.25, -0.2) is 9.36 Å². The molecule has 0 atom stereocenters. The topological polar surface area (TPSA) is 35.6 Å². The van der Waals surface area contributed by atoms with Crippen LogP contribution in [0.4, 0.5) is 0 Å². The summed E-state index contributed by atoms with van der Waals surface area (Å²) in [5.74, 6) is 0. The summed E-state index contributed by atoms with van der Waals surface area (Å²) < 4.78 is 4.02. The molecule has 0 amide bonds. The predicted molar refractivity (Wildman–Crippen MR) is 79.6 cm³/mol. The molecule has 4 rings (SSSR count). The van der Waals surface area contributed by atoms with Crippen molar-refractivity contribution in [1.29, 1.82) is 0 Å². The van der Waals surface area contributed by atoms with Crippen molar-refractivity contribution in [3.63, 3.8) is 0 Å². The maximum absolute atomic E-state index is 4.51. The molecule has 20 heavy (non-hydrogen) atoms. The molecule has 0 unspecified atom stereocenters. The van der Waals surface area contributed by atoms with E-state index >= 15 is 0 Å². The fourth-order valence-corrected chi connectivity index (χ4v) is 2.68. The minimum Gasteiger partial charge on any atom is -0.240 e. The third kappa shape index (κ3) is 1.54. The normalized spacial score (nSPS) is 11.7. The number of aromatic nitrogens is 4. The summed E-state index contributed by atoms with van der Waals surface area (Å²) >= 11 is 0. The highest BCUT2D eigenvalue weighted by molar-refractivity contribution is 5.80. The maximum Gasteiger partial charge on any atom is 0.141 e. The number of hydrogen-bond donors (Lipinski definition) is 0. The van der Waals surface area contributed by atoms with Gasteiger partial charge >= 0.3 is 0 Å². The first-order chi connectivity index (χ1) is 9.84. The molecule has 4 aromatic rings.